The van der Waals surface area contributed by atoms with E-state index in [4.69, 9.17) is 9.84 Å². The summed E-state index contributed by atoms with van der Waals surface area (Å²) in [7, 11) is 0. The van der Waals surface area contributed by atoms with Crippen molar-refractivity contribution in [3.63, 3.8) is 0 Å². The van der Waals surface area contributed by atoms with Gasteiger partial charge in [-0.3, -0.25) is 4.79 Å². The van der Waals surface area contributed by atoms with Crippen molar-refractivity contribution in [3.8, 4) is 0 Å². The van der Waals surface area contributed by atoms with E-state index in [1.165, 1.54) is 0 Å². The highest BCUT2D eigenvalue weighted by atomic mass is 16.5. The lowest BCUT2D eigenvalue weighted by molar-refractivity contribution is -0.142. The van der Waals surface area contributed by atoms with Gasteiger partial charge in [0.25, 0.3) is 5.91 Å². The second-order valence-corrected chi connectivity index (χ2v) is 4.01. The Morgan fingerprint density at radius 3 is 2.93 bits per heavy atom. The highest BCUT2D eigenvalue weighted by Gasteiger charge is 2.34. The largest absolute Gasteiger partial charge is 0.394 e. The fourth-order valence-electron chi connectivity index (χ4n) is 2.27. The minimum Gasteiger partial charge on any atom is -0.394 e. The Balaban J connectivity index is 1.95. The summed E-state index contributed by atoms with van der Waals surface area (Å²) in [5.41, 5.74) is 0. The minimum atomic E-state index is -0.234. The summed E-state index contributed by atoms with van der Waals surface area (Å²) in [6, 6.07) is 0.0340. The van der Waals surface area contributed by atoms with E-state index in [9.17, 15) is 4.79 Å². The molecule has 0 aromatic heterocycles. The molecule has 2 aliphatic heterocycles. The molecule has 2 aliphatic rings. The SMILES string of the molecule is O=C([C@H]1CCCO1)N1CCC[C@H]1CO. The molecule has 80 valence electrons. The summed E-state index contributed by atoms with van der Waals surface area (Å²) in [5, 5.41) is 9.09. The molecule has 0 unspecified atom stereocenters. The lowest BCUT2D eigenvalue weighted by Gasteiger charge is -2.25. The fourth-order valence-corrected chi connectivity index (χ4v) is 2.27. The molecule has 2 rings (SSSR count). The van der Waals surface area contributed by atoms with Crippen LogP contribution in [0, 0.1) is 0 Å². The molecule has 2 fully saturated rings. The van der Waals surface area contributed by atoms with Crippen molar-refractivity contribution in [2.45, 2.75) is 37.8 Å². The number of likely N-dealkylation sites (tertiary alicyclic amines) is 1. The highest BCUT2D eigenvalue weighted by Crippen LogP contribution is 2.22. The first kappa shape index (κ1) is 9.93. The molecule has 0 aliphatic carbocycles. The molecule has 2 heterocycles. The number of aliphatic hydroxyl groups is 1. The summed E-state index contributed by atoms with van der Waals surface area (Å²) in [6.07, 6.45) is 3.52. The molecule has 4 heteroatoms. The van der Waals surface area contributed by atoms with E-state index in [1.54, 1.807) is 4.90 Å². The molecular formula is C10H17NO3. The molecule has 0 spiro atoms. The van der Waals surface area contributed by atoms with Crippen LogP contribution in [0.1, 0.15) is 25.7 Å². The Morgan fingerprint density at radius 2 is 2.29 bits per heavy atom. The molecule has 2 atom stereocenters. The van der Waals surface area contributed by atoms with Crippen molar-refractivity contribution in [3.05, 3.63) is 0 Å². The molecule has 0 bridgehead atoms. The van der Waals surface area contributed by atoms with E-state index >= 15 is 0 Å². The van der Waals surface area contributed by atoms with Gasteiger partial charge in [0.15, 0.2) is 0 Å². The Bertz CT molecular complexity index is 213. The predicted octanol–water partition coefficient (Wildman–Crippen LogP) is 0.149. The molecule has 0 aromatic rings. The van der Waals surface area contributed by atoms with Crippen molar-refractivity contribution >= 4 is 5.91 Å². The zero-order valence-electron chi connectivity index (χ0n) is 8.32. The van der Waals surface area contributed by atoms with Crippen LogP contribution in [0.25, 0.3) is 0 Å². The number of hydrogen-bond donors (Lipinski definition) is 1. The van der Waals surface area contributed by atoms with Gasteiger partial charge in [-0.25, -0.2) is 0 Å². The molecule has 14 heavy (non-hydrogen) atoms. The van der Waals surface area contributed by atoms with E-state index in [2.05, 4.69) is 0 Å². The number of aliphatic hydroxyl groups excluding tert-OH is 1. The fraction of sp³-hybridized carbons (Fsp3) is 0.900. The van der Waals surface area contributed by atoms with Gasteiger partial charge in [-0.05, 0) is 25.7 Å². The van der Waals surface area contributed by atoms with Crippen LogP contribution < -0.4 is 0 Å². The van der Waals surface area contributed by atoms with E-state index in [0.29, 0.717) is 6.61 Å². The van der Waals surface area contributed by atoms with Gasteiger partial charge in [0.05, 0.1) is 12.6 Å². The smallest absolute Gasteiger partial charge is 0.252 e. The summed E-state index contributed by atoms with van der Waals surface area (Å²) in [6.45, 7) is 1.57. The van der Waals surface area contributed by atoms with E-state index < -0.39 is 0 Å². The van der Waals surface area contributed by atoms with E-state index in [-0.39, 0.29) is 24.7 Å². The third kappa shape index (κ3) is 1.77. The van der Waals surface area contributed by atoms with Crippen LogP contribution in [-0.4, -0.2) is 47.8 Å². The number of nitrogens with zero attached hydrogens (tertiary/aromatic N) is 1. The summed E-state index contributed by atoms with van der Waals surface area (Å²) < 4.78 is 5.35. The van der Waals surface area contributed by atoms with Gasteiger partial charge in [-0.15, -0.1) is 0 Å². The number of ether oxygens (including phenoxy) is 1. The third-order valence-electron chi connectivity index (χ3n) is 3.08. The van der Waals surface area contributed by atoms with Crippen LogP contribution in [-0.2, 0) is 9.53 Å². The lowest BCUT2D eigenvalue weighted by atomic mass is 10.2. The van der Waals surface area contributed by atoms with Crippen molar-refractivity contribution in [1.29, 1.82) is 0 Å². The zero-order valence-corrected chi connectivity index (χ0v) is 8.32. The Labute approximate surface area is 83.8 Å². The van der Waals surface area contributed by atoms with Crippen LogP contribution in [0.15, 0.2) is 0 Å². The number of hydrogen-bond acceptors (Lipinski definition) is 3. The van der Waals surface area contributed by atoms with Gasteiger partial charge in [0, 0.05) is 13.2 Å². The van der Waals surface area contributed by atoms with Gasteiger partial charge >= 0.3 is 0 Å². The Kier molecular flexibility index (Phi) is 3.03. The van der Waals surface area contributed by atoms with Crippen molar-refractivity contribution in [2.75, 3.05) is 19.8 Å². The number of carbonyl (C=O) groups excluding carboxylic acids is 1. The number of rotatable bonds is 2. The number of carbonyl (C=O) groups is 1. The van der Waals surface area contributed by atoms with Gasteiger partial charge in [0.1, 0.15) is 6.10 Å². The summed E-state index contributed by atoms with van der Waals surface area (Å²) in [5.74, 6) is 0.0825. The van der Waals surface area contributed by atoms with Crippen molar-refractivity contribution < 1.29 is 14.6 Å². The van der Waals surface area contributed by atoms with Crippen LogP contribution in [0.5, 0.6) is 0 Å². The molecule has 4 nitrogen and oxygen atoms in total. The maximum Gasteiger partial charge on any atom is 0.252 e. The van der Waals surface area contributed by atoms with Gasteiger partial charge in [0.2, 0.25) is 0 Å². The molecule has 0 aromatic carbocycles. The average molecular weight is 199 g/mol. The molecule has 0 saturated carbocycles. The lowest BCUT2D eigenvalue weighted by Crippen LogP contribution is -2.43. The summed E-state index contributed by atoms with van der Waals surface area (Å²) in [4.78, 5) is 13.7. The normalized spacial score (nSPS) is 32.5. The molecule has 1 N–H and O–H groups in total. The second kappa shape index (κ2) is 4.28. The Morgan fingerprint density at radius 1 is 1.43 bits per heavy atom. The van der Waals surface area contributed by atoms with Crippen molar-refractivity contribution in [2.24, 2.45) is 0 Å². The topological polar surface area (TPSA) is 49.8 Å². The molecular weight excluding hydrogens is 182 g/mol. The first-order chi connectivity index (χ1) is 6.83. The van der Waals surface area contributed by atoms with Crippen LogP contribution >= 0.6 is 0 Å². The van der Waals surface area contributed by atoms with Crippen LogP contribution in [0.2, 0.25) is 0 Å². The maximum absolute atomic E-state index is 11.9. The minimum absolute atomic E-state index is 0.0340. The van der Waals surface area contributed by atoms with Crippen molar-refractivity contribution in [1.82, 2.24) is 4.90 Å². The van der Waals surface area contributed by atoms with Gasteiger partial charge in [-0.1, -0.05) is 0 Å². The maximum atomic E-state index is 11.9. The van der Waals surface area contributed by atoms with E-state index in [1.807, 2.05) is 0 Å². The van der Waals surface area contributed by atoms with Crippen LogP contribution in [0.4, 0.5) is 0 Å². The summed E-state index contributed by atoms with van der Waals surface area (Å²) >= 11 is 0. The highest BCUT2D eigenvalue weighted by molar-refractivity contribution is 5.81. The Hall–Kier alpha value is -0.610. The van der Waals surface area contributed by atoms with Crippen LogP contribution in [0.3, 0.4) is 0 Å². The zero-order chi connectivity index (χ0) is 9.97. The molecule has 2 saturated heterocycles. The third-order valence-corrected chi connectivity index (χ3v) is 3.08. The van der Waals surface area contributed by atoms with E-state index in [0.717, 1.165) is 32.2 Å². The first-order valence-electron chi connectivity index (χ1n) is 5.36. The average Bonchev–Trinajstić information content (AvgIpc) is 2.87. The van der Waals surface area contributed by atoms with Gasteiger partial charge in [-0.2, -0.15) is 0 Å². The predicted molar refractivity (Wildman–Crippen MR) is 50.8 cm³/mol. The quantitative estimate of drug-likeness (QED) is 0.688. The monoisotopic (exact) mass is 199 g/mol. The standard InChI is InChI=1S/C10H17NO3/c12-7-8-3-1-5-11(8)10(13)9-4-2-6-14-9/h8-9,12H,1-7H2/t8-,9+/m0/s1. The second-order valence-electron chi connectivity index (χ2n) is 4.01. The molecule has 1 amide bonds. The number of amides is 1. The first-order valence-corrected chi connectivity index (χ1v) is 5.36. The molecule has 0 radical (unpaired) electrons. The van der Waals surface area contributed by atoms with Gasteiger partial charge < -0.3 is 14.7 Å².